The fourth-order valence-electron chi connectivity index (χ4n) is 2.28. The smallest absolute Gasteiger partial charge is 0.213 e. The van der Waals surface area contributed by atoms with Crippen LogP contribution in [0.25, 0.3) is 26.8 Å². The number of hydrogen-bond donors (Lipinski definition) is 1. The molecule has 0 aromatic carbocycles. The molecule has 0 saturated carbocycles. The van der Waals surface area contributed by atoms with Crippen molar-refractivity contribution in [3.63, 3.8) is 0 Å². The summed E-state index contributed by atoms with van der Waals surface area (Å²) in [7, 11) is 0. The monoisotopic (exact) mass is 309 g/mol. The van der Waals surface area contributed by atoms with Gasteiger partial charge >= 0.3 is 0 Å². The molecule has 4 aromatic rings. The molecule has 0 radical (unpaired) electrons. The molecule has 6 nitrogen and oxygen atoms in total. The molecule has 108 valence electrons. The minimum absolute atomic E-state index is 0.130. The van der Waals surface area contributed by atoms with Crippen LogP contribution in [0.4, 0.5) is 0 Å². The van der Waals surface area contributed by atoms with Gasteiger partial charge in [0.05, 0.1) is 18.0 Å². The summed E-state index contributed by atoms with van der Waals surface area (Å²) in [5.41, 5.74) is 3.26. The summed E-state index contributed by atoms with van der Waals surface area (Å²) in [4.78, 5) is 13.5. The number of aliphatic hydroxyl groups is 1. The van der Waals surface area contributed by atoms with E-state index in [1.54, 1.807) is 29.3 Å². The second-order valence-corrected chi connectivity index (χ2v) is 5.60. The second kappa shape index (κ2) is 5.28. The molecule has 7 heteroatoms. The summed E-state index contributed by atoms with van der Waals surface area (Å²) in [6, 6.07) is 7.56. The first kappa shape index (κ1) is 13.1. The number of rotatable bonds is 3. The minimum atomic E-state index is -0.130. The highest BCUT2D eigenvalue weighted by Gasteiger charge is 2.17. The van der Waals surface area contributed by atoms with Gasteiger partial charge in [0.2, 0.25) is 4.96 Å². The molecule has 0 unspecified atom stereocenters. The van der Waals surface area contributed by atoms with Crippen molar-refractivity contribution in [1.29, 1.82) is 0 Å². The normalized spacial score (nSPS) is 11.1. The maximum Gasteiger partial charge on any atom is 0.213 e. The van der Waals surface area contributed by atoms with Crippen LogP contribution in [0.15, 0.2) is 49.1 Å². The van der Waals surface area contributed by atoms with Gasteiger partial charge in [-0.2, -0.15) is 5.10 Å². The summed E-state index contributed by atoms with van der Waals surface area (Å²) in [6.45, 7) is -0.130. The van der Waals surface area contributed by atoms with Crippen LogP contribution in [-0.2, 0) is 6.61 Å². The highest BCUT2D eigenvalue weighted by molar-refractivity contribution is 7.19. The molecule has 0 saturated heterocycles. The van der Waals surface area contributed by atoms with Crippen molar-refractivity contribution in [1.82, 2.24) is 24.6 Å². The summed E-state index contributed by atoms with van der Waals surface area (Å²) in [5.74, 6) is 0. The van der Waals surface area contributed by atoms with Gasteiger partial charge in [0, 0.05) is 35.9 Å². The Labute approximate surface area is 129 Å². The average molecular weight is 309 g/mol. The molecule has 0 amide bonds. The molecule has 0 atom stereocenters. The lowest BCUT2D eigenvalue weighted by molar-refractivity contribution is 0.275. The van der Waals surface area contributed by atoms with Crippen LogP contribution >= 0.6 is 11.3 Å². The van der Waals surface area contributed by atoms with Crippen LogP contribution in [0, 0.1) is 0 Å². The van der Waals surface area contributed by atoms with E-state index in [-0.39, 0.29) is 6.61 Å². The van der Waals surface area contributed by atoms with Crippen molar-refractivity contribution in [2.24, 2.45) is 0 Å². The quantitative estimate of drug-likeness (QED) is 0.629. The highest BCUT2D eigenvalue weighted by Crippen LogP contribution is 2.30. The van der Waals surface area contributed by atoms with Gasteiger partial charge in [0.15, 0.2) is 0 Å². The van der Waals surface area contributed by atoms with Crippen molar-refractivity contribution in [2.75, 3.05) is 0 Å². The molecule has 4 rings (SSSR count). The van der Waals surface area contributed by atoms with Crippen LogP contribution in [0.2, 0.25) is 0 Å². The van der Waals surface area contributed by atoms with Crippen molar-refractivity contribution < 1.29 is 5.11 Å². The third-order valence-electron chi connectivity index (χ3n) is 3.31. The van der Waals surface area contributed by atoms with Gasteiger partial charge in [-0.3, -0.25) is 9.97 Å². The molecule has 1 N–H and O–H groups in total. The molecule has 0 aliphatic rings. The zero-order valence-corrected chi connectivity index (χ0v) is 12.2. The zero-order chi connectivity index (χ0) is 14.9. The highest BCUT2D eigenvalue weighted by atomic mass is 32.1. The van der Waals surface area contributed by atoms with E-state index in [1.807, 2.05) is 24.3 Å². The lowest BCUT2D eigenvalue weighted by Crippen LogP contribution is -1.95. The third kappa shape index (κ3) is 2.07. The number of aliphatic hydroxyl groups excluding tert-OH is 1. The van der Waals surface area contributed by atoms with E-state index in [0.717, 1.165) is 26.8 Å². The van der Waals surface area contributed by atoms with Crippen LogP contribution in [0.3, 0.4) is 0 Å². The largest absolute Gasteiger partial charge is 0.390 e. The first-order valence-electron chi connectivity index (χ1n) is 6.67. The molecule has 0 bridgehead atoms. The van der Waals surface area contributed by atoms with Crippen molar-refractivity contribution >= 4 is 16.3 Å². The fourth-order valence-corrected chi connectivity index (χ4v) is 3.19. The van der Waals surface area contributed by atoms with Gasteiger partial charge in [-0.05, 0) is 24.3 Å². The topological polar surface area (TPSA) is 76.2 Å². The van der Waals surface area contributed by atoms with E-state index >= 15 is 0 Å². The van der Waals surface area contributed by atoms with Gasteiger partial charge in [-0.25, -0.2) is 9.50 Å². The first-order chi connectivity index (χ1) is 10.9. The number of hydrogen-bond acceptors (Lipinski definition) is 6. The summed E-state index contributed by atoms with van der Waals surface area (Å²) in [6.07, 6.45) is 6.90. The SMILES string of the molecule is OCc1c(-c2ccncc2)nc2sc(-c3cccnc3)nn12. The number of imidazole rings is 1. The number of nitrogens with zero attached hydrogens (tertiary/aromatic N) is 5. The molecule has 0 aliphatic heterocycles. The van der Waals surface area contributed by atoms with Crippen LogP contribution < -0.4 is 0 Å². The summed E-state index contributed by atoms with van der Waals surface area (Å²) in [5, 5.41) is 15.1. The molecule has 0 aliphatic carbocycles. The van der Waals surface area contributed by atoms with Crippen LogP contribution in [0.5, 0.6) is 0 Å². The van der Waals surface area contributed by atoms with E-state index in [1.165, 1.54) is 11.3 Å². The van der Waals surface area contributed by atoms with Gasteiger partial charge in [0.25, 0.3) is 0 Å². The molecular weight excluding hydrogens is 298 g/mol. The third-order valence-corrected chi connectivity index (χ3v) is 4.27. The minimum Gasteiger partial charge on any atom is -0.390 e. The van der Waals surface area contributed by atoms with E-state index in [9.17, 15) is 5.11 Å². The van der Waals surface area contributed by atoms with Gasteiger partial charge < -0.3 is 5.11 Å². The van der Waals surface area contributed by atoms with E-state index in [4.69, 9.17) is 0 Å². The van der Waals surface area contributed by atoms with Gasteiger partial charge in [-0.1, -0.05) is 11.3 Å². The van der Waals surface area contributed by atoms with E-state index in [2.05, 4.69) is 20.1 Å². The molecule has 0 fully saturated rings. The van der Waals surface area contributed by atoms with Crippen molar-refractivity contribution in [3.05, 3.63) is 54.7 Å². The Morgan fingerprint density at radius 2 is 1.91 bits per heavy atom. The predicted molar refractivity (Wildman–Crippen MR) is 83.2 cm³/mol. The Bertz CT molecular complexity index is 917. The first-order valence-corrected chi connectivity index (χ1v) is 7.48. The summed E-state index contributed by atoms with van der Waals surface area (Å²) >= 11 is 1.47. The molecule has 0 spiro atoms. The predicted octanol–water partition coefficient (Wildman–Crippen LogP) is 2.41. The zero-order valence-electron chi connectivity index (χ0n) is 11.4. The standard InChI is InChI=1S/C15H11N5OS/c21-9-12-13(10-3-6-16-7-4-10)18-15-20(12)19-14(22-15)11-2-1-5-17-8-11/h1-8,21H,9H2. The van der Waals surface area contributed by atoms with Gasteiger partial charge in [-0.15, -0.1) is 0 Å². The van der Waals surface area contributed by atoms with Crippen molar-refractivity contribution in [3.8, 4) is 21.8 Å². The number of fused-ring (bicyclic) bond motifs is 1. The number of aromatic nitrogens is 5. The van der Waals surface area contributed by atoms with Crippen LogP contribution in [0.1, 0.15) is 5.69 Å². The average Bonchev–Trinajstić information content (AvgIpc) is 3.14. The Morgan fingerprint density at radius 3 is 2.64 bits per heavy atom. The fraction of sp³-hybridized carbons (Fsp3) is 0.0667. The molecular formula is C15H11N5OS. The lowest BCUT2D eigenvalue weighted by atomic mass is 10.1. The Hall–Kier alpha value is -2.64. The van der Waals surface area contributed by atoms with Gasteiger partial charge in [0.1, 0.15) is 5.01 Å². The van der Waals surface area contributed by atoms with Crippen molar-refractivity contribution in [2.45, 2.75) is 6.61 Å². The maximum atomic E-state index is 9.72. The van der Waals surface area contributed by atoms with Crippen LogP contribution in [-0.4, -0.2) is 29.7 Å². The number of pyridine rings is 2. The van der Waals surface area contributed by atoms with E-state index in [0.29, 0.717) is 5.69 Å². The summed E-state index contributed by atoms with van der Waals surface area (Å²) < 4.78 is 1.70. The maximum absolute atomic E-state index is 9.72. The molecule has 4 heterocycles. The lowest BCUT2D eigenvalue weighted by Gasteiger charge is -2.00. The van der Waals surface area contributed by atoms with E-state index < -0.39 is 0 Å². The Kier molecular flexibility index (Phi) is 3.14. The Morgan fingerprint density at radius 1 is 1.05 bits per heavy atom. The Balaban J connectivity index is 1.88. The molecule has 4 aromatic heterocycles. The molecule has 22 heavy (non-hydrogen) atoms. The second-order valence-electron chi connectivity index (χ2n) is 4.64.